The van der Waals surface area contributed by atoms with Gasteiger partial charge in [0.25, 0.3) is 0 Å². The minimum Gasteiger partial charge on any atom is -0.496 e. The lowest BCUT2D eigenvalue weighted by atomic mass is 10.0. The highest BCUT2D eigenvalue weighted by Gasteiger charge is 2.38. The number of methoxy groups -OCH3 is 1. The van der Waals surface area contributed by atoms with Crippen LogP contribution in [0.1, 0.15) is 30.9 Å². The first-order chi connectivity index (χ1) is 9.06. The summed E-state index contributed by atoms with van der Waals surface area (Å²) < 4.78 is 5.45. The zero-order valence-corrected chi connectivity index (χ0v) is 12.4. The summed E-state index contributed by atoms with van der Waals surface area (Å²) in [6, 6.07) is 6.49. The normalized spacial score (nSPS) is 16.7. The van der Waals surface area contributed by atoms with Crippen LogP contribution in [0.2, 0.25) is 0 Å². The highest BCUT2D eigenvalue weighted by atomic mass is 16.5. The molecule has 1 saturated carbocycles. The van der Waals surface area contributed by atoms with Crippen molar-refractivity contribution in [1.82, 2.24) is 4.90 Å². The Bertz CT molecular complexity index is 427. The second-order valence-electron chi connectivity index (χ2n) is 5.85. The fourth-order valence-electron chi connectivity index (χ4n) is 2.49. The molecule has 3 heteroatoms. The third-order valence-electron chi connectivity index (χ3n) is 3.99. The highest BCUT2D eigenvalue weighted by molar-refractivity contribution is 5.37. The molecule has 2 N–H and O–H groups in total. The first kappa shape index (κ1) is 14.4. The summed E-state index contributed by atoms with van der Waals surface area (Å²) in [5, 5.41) is 0. The summed E-state index contributed by atoms with van der Waals surface area (Å²) in [7, 11) is 3.90. The zero-order valence-electron chi connectivity index (χ0n) is 12.4. The van der Waals surface area contributed by atoms with Crippen molar-refractivity contribution >= 4 is 0 Å². The van der Waals surface area contributed by atoms with E-state index in [-0.39, 0.29) is 5.54 Å². The predicted octanol–water partition coefficient (Wildman–Crippen LogP) is 2.22. The molecule has 0 heterocycles. The first-order valence-corrected chi connectivity index (χ1v) is 7.19. The van der Waals surface area contributed by atoms with Gasteiger partial charge in [0.05, 0.1) is 7.11 Å². The summed E-state index contributed by atoms with van der Waals surface area (Å²) in [6.45, 7) is 4.22. The van der Waals surface area contributed by atoms with Crippen LogP contribution in [0.25, 0.3) is 0 Å². The van der Waals surface area contributed by atoms with Crippen molar-refractivity contribution in [2.24, 2.45) is 5.73 Å². The van der Waals surface area contributed by atoms with E-state index in [9.17, 15) is 0 Å². The Hall–Kier alpha value is -1.06. The topological polar surface area (TPSA) is 38.5 Å². The largest absolute Gasteiger partial charge is 0.496 e. The quantitative estimate of drug-likeness (QED) is 0.819. The van der Waals surface area contributed by atoms with E-state index < -0.39 is 0 Å². The standard InChI is InChI=1S/C16H26N2O/c1-4-13-5-6-15(19-3)14(11-13)7-10-18(2)12-16(17)8-9-16/h5-6,11H,4,7-10,12,17H2,1-3H3. The Morgan fingerprint density at radius 1 is 1.37 bits per heavy atom. The van der Waals surface area contributed by atoms with Gasteiger partial charge >= 0.3 is 0 Å². The molecule has 3 nitrogen and oxygen atoms in total. The monoisotopic (exact) mass is 262 g/mol. The summed E-state index contributed by atoms with van der Waals surface area (Å²) in [5.74, 6) is 1.000. The molecule has 0 bridgehead atoms. The molecule has 0 spiro atoms. The van der Waals surface area contributed by atoms with Crippen LogP contribution in [0.15, 0.2) is 18.2 Å². The van der Waals surface area contributed by atoms with E-state index in [1.54, 1.807) is 7.11 Å². The Labute approximate surface area is 116 Å². The van der Waals surface area contributed by atoms with Gasteiger partial charge in [-0.2, -0.15) is 0 Å². The number of ether oxygens (including phenoxy) is 1. The number of nitrogens with two attached hydrogens (primary N) is 1. The van der Waals surface area contributed by atoms with E-state index in [0.29, 0.717) is 0 Å². The molecular weight excluding hydrogens is 236 g/mol. The molecule has 0 radical (unpaired) electrons. The van der Waals surface area contributed by atoms with Gasteiger partial charge in [-0.15, -0.1) is 0 Å². The van der Waals surface area contributed by atoms with E-state index in [0.717, 1.165) is 31.7 Å². The van der Waals surface area contributed by atoms with Crippen LogP contribution in [0.3, 0.4) is 0 Å². The van der Waals surface area contributed by atoms with Gasteiger partial charge in [-0.25, -0.2) is 0 Å². The fourth-order valence-corrected chi connectivity index (χ4v) is 2.49. The SMILES string of the molecule is CCc1ccc(OC)c(CCN(C)CC2(N)CC2)c1. The van der Waals surface area contributed by atoms with E-state index in [1.165, 1.54) is 24.0 Å². The van der Waals surface area contributed by atoms with E-state index in [4.69, 9.17) is 10.5 Å². The zero-order chi connectivity index (χ0) is 13.9. The molecule has 0 aliphatic heterocycles. The maximum absolute atomic E-state index is 6.15. The Kier molecular flexibility index (Phi) is 4.48. The minimum absolute atomic E-state index is 0.101. The van der Waals surface area contributed by atoms with Gasteiger partial charge in [-0.1, -0.05) is 19.1 Å². The van der Waals surface area contributed by atoms with Crippen molar-refractivity contribution in [3.63, 3.8) is 0 Å². The molecule has 0 amide bonds. The summed E-state index contributed by atoms with van der Waals surface area (Å²) >= 11 is 0. The number of aryl methyl sites for hydroxylation is 1. The fraction of sp³-hybridized carbons (Fsp3) is 0.625. The average molecular weight is 262 g/mol. The summed E-state index contributed by atoms with van der Waals surface area (Å²) in [5.41, 5.74) is 8.93. The van der Waals surface area contributed by atoms with Crippen LogP contribution < -0.4 is 10.5 Å². The molecule has 0 saturated heterocycles. The molecule has 0 unspecified atom stereocenters. The second kappa shape index (κ2) is 5.93. The Morgan fingerprint density at radius 3 is 2.68 bits per heavy atom. The van der Waals surface area contributed by atoms with E-state index in [1.807, 2.05) is 0 Å². The van der Waals surface area contributed by atoms with Gasteiger partial charge in [0.2, 0.25) is 0 Å². The predicted molar refractivity (Wildman–Crippen MR) is 79.7 cm³/mol. The van der Waals surface area contributed by atoms with E-state index >= 15 is 0 Å². The summed E-state index contributed by atoms with van der Waals surface area (Å²) in [6.07, 6.45) is 4.43. The van der Waals surface area contributed by atoms with Crippen molar-refractivity contribution in [2.75, 3.05) is 27.2 Å². The van der Waals surface area contributed by atoms with Gasteiger partial charge in [0.1, 0.15) is 5.75 Å². The lowest BCUT2D eigenvalue weighted by Gasteiger charge is -2.21. The van der Waals surface area contributed by atoms with Crippen molar-refractivity contribution in [1.29, 1.82) is 0 Å². The number of benzene rings is 1. The second-order valence-corrected chi connectivity index (χ2v) is 5.85. The van der Waals surface area contributed by atoms with Crippen LogP contribution in [-0.4, -0.2) is 37.7 Å². The lowest BCUT2D eigenvalue weighted by molar-refractivity contribution is 0.304. The molecular formula is C16H26N2O. The number of rotatable bonds is 7. The van der Waals surface area contributed by atoms with Gasteiger partial charge < -0.3 is 15.4 Å². The molecule has 1 aliphatic rings. The summed E-state index contributed by atoms with van der Waals surface area (Å²) in [4.78, 5) is 2.34. The number of hydrogen-bond donors (Lipinski definition) is 1. The number of hydrogen-bond acceptors (Lipinski definition) is 3. The van der Waals surface area contributed by atoms with Crippen LogP contribution in [-0.2, 0) is 12.8 Å². The third kappa shape index (κ3) is 3.95. The van der Waals surface area contributed by atoms with Crippen molar-refractivity contribution < 1.29 is 4.74 Å². The molecule has 19 heavy (non-hydrogen) atoms. The number of nitrogens with zero attached hydrogens (tertiary/aromatic N) is 1. The Balaban J connectivity index is 1.93. The average Bonchev–Trinajstić information content (AvgIpc) is 3.13. The Morgan fingerprint density at radius 2 is 2.11 bits per heavy atom. The first-order valence-electron chi connectivity index (χ1n) is 7.19. The minimum atomic E-state index is 0.101. The van der Waals surface area contributed by atoms with Gasteiger partial charge in [-0.05, 0) is 49.9 Å². The molecule has 2 rings (SSSR count). The van der Waals surface area contributed by atoms with Gasteiger partial charge in [-0.3, -0.25) is 0 Å². The maximum Gasteiger partial charge on any atom is 0.122 e. The molecule has 0 atom stereocenters. The van der Waals surface area contributed by atoms with Crippen molar-refractivity contribution in [3.8, 4) is 5.75 Å². The van der Waals surface area contributed by atoms with E-state index in [2.05, 4.69) is 37.1 Å². The van der Waals surface area contributed by atoms with Crippen LogP contribution in [0, 0.1) is 0 Å². The van der Waals surface area contributed by atoms with Crippen molar-refractivity contribution in [3.05, 3.63) is 29.3 Å². The molecule has 1 aromatic rings. The van der Waals surface area contributed by atoms with Gasteiger partial charge in [0.15, 0.2) is 0 Å². The molecule has 0 aromatic heterocycles. The molecule has 106 valence electrons. The number of likely N-dealkylation sites (N-methyl/N-ethyl adjacent to an activating group) is 1. The van der Waals surface area contributed by atoms with Crippen LogP contribution in [0.5, 0.6) is 5.75 Å². The maximum atomic E-state index is 6.15. The van der Waals surface area contributed by atoms with Crippen LogP contribution in [0.4, 0.5) is 0 Å². The third-order valence-corrected chi connectivity index (χ3v) is 3.99. The molecule has 1 aromatic carbocycles. The smallest absolute Gasteiger partial charge is 0.122 e. The van der Waals surface area contributed by atoms with Crippen LogP contribution >= 0.6 is 0 Å². The molecule has 1 aliphatic carbocycles. The van der Waals surface area contributed by atoms with Gasteiger partial charge in [0, 0.05) is 18.6 Å². The lowest BCUT2D eigenvalue weighted by Crippen LogP contribution is -2.38. The highest BCUT2D eigenvalue weighted by Crippen LogP contribution is 2.32. The molecule has 1 fully saturated rings. The van der Waals surface area contributed by atoms with Crippen molar-refractivity contribution in [2.45, 2.75) is 38.1 Å².